The maximum atomic E-state index is 12.3. The molecule has 5 heteroatoms. The van der Waals surface area contributed by atoms with Gasteiger partial charge in [-0.3, -0.25) is 4.79 Å². The predicted molar refractivity (Wildman–Crippen MR) is 92.9 cm³/mol. The number of ether oxygens (including phenoxy) is 2. The highest BCUT2D eigenvalue weighted by Crippen LogP contribution is 2.41. The molecule has 0 saturated carbocycles. The van der Waals surface area contributed by atoms with Gasteiger partial charge in [0.15, 0.2) is 18.1 Å². The third kappa shape index (κ3) is 3.23. The van der Waals surface area contributed by atoms with E-state index in [0.29, 0.717) is 5.75 Å². The van der Waals surface area contributed by atoms with E-state index in [9.17, 15) is 4.79 Å². The van der Waals surface area contributed by atoms with Crippen LogP contribution in [0.2, 0.25) is 0 Å². The Balaban J connectivity index is 1.39. The minimum absolute atomic E-state index is 0.00951. The number of aryl methyl sites for hydroxylation is 1. The molecule has 0 spiro atoms. The van der Waals surface area contributed by atoms with Crippen molar-refractivity contribution < 1.29 is 18.7 Å². The second-order valence-electron chi connectivity index (χ2n) is 7.38. The number of amides is 1. The van der Waals surface area contributed by atoms with Gasteiger partial charge >= 0.3 is 0 Å². The van der Waals surface area contributed by atoms with Crippen LogP contribution in [-0.2, 0) is 17.6 Å². The zero-order valence-corrected chi connectivity index (χ0v) is 14.6. The fraction of sp³-hybridized carbons (Fsp3) is 0.450. The van der Waals surface area contributed by atoms with Gasteiger partial charge in [-0.2, -0.15) is 0 Å². The van der Waals surface area contributed by atoms with E-state index in [2.05, 4.69) is 19.2 Å². The maximum absolute atomic E-state index is 12.3. The molecule has 0 fully saturated rings. The Morgan fingerprint density at radius 3 is 3.12 bits per heavy atom. The molecule has 1 aromatic carbocycles. The van der Waals surface area contributed by atoms with E-state index in [-0.39, 0.29) is 24.2 Å². The van der Waals surface area contributed by atoms with Crippen LogP contribution in [0.5, 0.6) is 11.5 Å². The molecule has 5 nitrogen and oxygen atoms in total. The van der Waals surface area contributed by atoms with Gasteiger partial charge in [-0.1, -0.05) is 12.1 Å². The van der Waals surface area contributed by atoms with Crippen LogP contribution in [-0.4, -0.2) is 18.1 Å². The van der Waals surface area contributed by atoms with Gasteiger partial charge in [0.2, 0.25) is 0 Å². The standard InChI is InChI=1S/C20H23NO4/c1-20(2)11-13-5-3-8-17(19(13)25-20)24-12-18(22)21-15-6-4-7-16-14(15)9-10-23-16/h3,5,8-10,15H,4,6-7,11-12H2,1-2H3,(H,21,22). The summed E-state index contributed by atoms with van der Waals surface area (Å²) in [5.74, 6) is 2.24. The van der Waals surface area contributed by atoms with E-state index in [1.54, 1.807) is 6.26 Å². The quantitative estimate of drug-likeness (QED) is 0.923. The van der Waals surface area contributed by atoms with Crippen LogP contribution >= 0.6 is 0 Å². The number of hydrogen-bond acceptors (Lipinski definition) is 4. The van der Waals surface area contributed by atoms with E-state index in [1.165, 1.54) is 0 Å². The molecule has 25 heavy (non-hydrogen) atoms. The van der Waals surface area contributed by atoms with E-state index >= 15 is 0 Å². The Bertz CT molecular complexity index is 793. The van der Waals surface area contributed by atoms with Gasteiger partial charge in [0.1, 0.15) is 11.4 Å². The van der Waals surface area contributed by atoms with Crippen molar-refractivity contribution in [3.8, 4) is 11.5 Å². The fourth-order valence-electron chi connectivity index (χ4n) is 3.72. The van der Waals surface area contributed by atoms with Crippen LogP contribution in [0.4, 0.5) is 0 Å². The lowest BCUT2D eigenvalue weighted by molar-refractivity contribution is -0.124. The Morgan fingerprint density at radius 1 is 1.36 bits per heavy atom. The van der Waals surface area contributed by atoms with Crippen LogP contribution < -0.4 is 14.8 Å². The molecule has 1 unspecified atom stereocenters. The van der Waals surface area contributed by atoms with Crippen LogP contribution in [0.15, 0.2) is 34.9 Å². The second kappa shape index (κ2) is 6.14. The smallest absolute Gasteiger partial charge is 0.258 e. The highest BCUT2D eigenvalue weighted by molar-refractivity contribution is 5.78. The van der Waals surface area contributed by atoms with Gasteiger partial charge in [-0.05, 0) is 38.8 Å². The number of hydrogen-bond donors (Lipinski definition) is 1. The summed E-state index contributed by atoms with van der Waals surface area (Å²) in [4.78, 5) is 12.3. The highest BCUT2D eigenvalue weighted by Gasteiger charge is 2.32. The lowest BCUT2D eigenvalue weighted by Crippen LogP contribution is -2.34. The average molecular weight is 341 g/mol. The number of rotatable bonds is 4. The third-order valence-electron chi connectivity index (χ3n) is 4.80. The normalized spacial score (nSPS) is 20.3. The second-order valence-corrected chi connectivity index (χ2v) is 7.38. The van der Waals surface area contributed by atoms with Crippen LogP contribution in [0, 0.1) is 0 Å². The van der Waals surface area contributed by atoms with E-state index in [0.717, 1.165) is 48.3 Å². The molecule has 1 aliphatic carbocycles. The molecule has 0 bridgehead atoms. The number of nitrogens with one attached hydrogen (secondary N) is 1. The van der Waals surface area contributed by atoms with Crippen molar-refractivity contribution in [3.63, 3.8) is 0 Å². The first-order valence-electron chi connectivity index (χ1n) is 8.81. The van der Waals surface area contributed by atoms with Gasteiger partial charge < -0.3 is 19.2 Å². The zero-order chi connectivity index (χ0) is 17.4. The highest BCUT2D eigenvalue weighted by atomic mass is 16.5. The zero-order valence-electron chi connectivity index (χ0n) is 14.6. The minimum Gasteiger partial charge on any atom is -0.483 e. The first kappa shape index (κ1) is 16.1. The summed E-state index contributed by atoms with van der Waals surface area (Å²) in [7, 11) is 0. The SMILES string of the molecule is CC1(C)Cc2cccc(OCC(=O)NC3CCCc4occc43)c2O1. The molecule has 2 heterocycles. The Kier molecular flexibility index (Phi) is 3.94. The van der Waals surface area contributed by atoms with Crippen LogP contribution in [0.3, 0.4) is 0 Å². The first-order valence-corrected chi connectivity index (χ1v) is 8.81. The lowest BCUT2D eigenvalue weighted by atomic mass is 9.93. The summed E-state index contributed by atoms with van der Waals surface area (Å²) >= 11 is 0. The predicted octanol–water partition coefficient (Wildman–Crippen LogP) is 3.57. The van der Waals surface area contributed by atoms with E-state index < -0.39 is 0 Å². The maximum Gasteiger partial charge on any atom is 0.258 e. The van der Waals surface area contributed by atoms with Crippen molar-refractivity contribution in [2.45, 2.75) is 51.2 Å². The molecule has 1 amide bonds. The molecule has 1 aliphatic heterocycles. The molecule has 0 saturated heterocycles. The van der Waals surface area contributed by atoms with Crippen LogP contribution in [0.1, 0.15) is 49.6 Å². The summed E-state index contributed by atoms with van der Waals surface area (Å²) in [5, 5.41) is 3.05. The molecular formula is C20H23NO4. The van der Waals surface area contributed by atoms with Gasteiger partial charge in [0.25, 0.3) is 5.91 Å². The molecule has 0 radical (unpaired) electrons. The average Bonchev–Trinajstić information content (AvgIpc) is 3.16. The number of carbonyl (C=O) groups excluding carboxylic acids is 1. The monoisotopic (exact) mass is 341 g/mol. The largest absolute Gasteiger partial charge is 0.483 e. The van der Waals surface area contributed by atoms with Gasteiger partial charge in [-0.25, -0.2) is 0 Å². The number of para-hydroxylation sites is 1. The molecule has 1 aromatic heterocycles. The van der Waals surface area contributed by atoms with Crippen molar-refractivity contribution in [2.75, 3.05) is 6.61 Å². The number of fused-ring (bicyclic) bond motifs is 2. The molecule has 1 N–H and O–H groups in total. The summed E-state index contributed by atoms with van der Waals surface area (Å²) in [5.41, 5.74) is 1.98. The summed E-state index contributed by atoms with van der Waals surface area (Å²) in [6, 6.07) is 7.79. The summed E-state index contributed by atoms with van der Waals surface area (Å²) < 4.78 is 17.2. The molecule has 132 valence electrons. The van der Waals surface area contributed by atoms with Gasteiger partial charge in [0.05, 0.1) is 12.3 Å². The van der Waals surface area contributed by atoms with E-state index in [4.69, 9.17) is 13.9 Å². The first-order chi connectivity index (χ1) is 12.0. The van der Waals surface area contributed by atoms with Crippen molar-refractivity contribution in [2.24, 2.45) is 0 Å². The molecule has 2 aromatic rings. The lowest BCUT2D eigenvalue weighted by Gasteiger charge is -2.23. The van der Waals surface area contributed by atoms with Crippen molar-refractivity contribution in [3.05, 3.63) is 47.4 Å². The molecule has 2 aliphatic rings. The Hall–Kier alpha value is -2.43. The Morgan fingerprint density at radius 2 is 2.24 bits per heavy atom. The number of furan rings is 1. The summed E-state index contributed by atoms with van der Waals surface area (Å²) in [6.07, 6.45) is 5.42. The third-order valence-corrected chi connectivity index (χ3v) is 4.80. The van der Waals surface area contributed by atoms with Crippen molar-refractivity contribution >= 4 is 5.91 Å². The van der Waals surface area contributed by atoms with Crippen molar-refractivity contribution in [1.29, 1.82) is 0 Å². The topological polar surface area (TPSA) is 60.7 Å². The van der Waals surface area contributed by atoms with Gasteiger partial charge in [0, 0.05) is 24.0 Å². The van der Waals surface area contributed by atoms with Gasteiger partial charge in [-0.15, -0.1) is 0 Å². The number of carbonyl (C=O) groups is 1. The van der Waals surface area contributed by atoms with Crippen molar-refractivity contribution in [1.82, 2.24) is 5.32 Å². The molecular weight excluding hydrogens is 318 g/mol. The summed E-state index contributed by atoms with van der Waals surface area (Å²) in [6.45, 7) is 4.08. The fourth-order valence-corrected chi connectivity index (χ4v) is 3.72. The minimum atomic E-state index is -0.232. The van der Waals surface area contributed by atoms with Crippen LogP contribution in [0.25, 0.3) is 0 Å². The number of benzene rings is 1. The van der Waals surface area contributed by atoms with E-state index in [1.807, 2.05) is 24.3 Å². The molecule has 4 rings (SSSR count). The Labute approximate surface area is 147 Å². The molecule has 1 atom stereocenters.